The Kier molecular flexibility index (Phi) is 56.0. The number of hydrogen-bond acceptors (Lipinski definition) is 5. The molecule has 0 bridgehead atoms. The summed E-state index contributed by atoms with van der Waals surface area (Å²) in [5.41, 5.74) is 0. The van der Waals surface area contributed by atoms with Gasteiger partial charge in [-0.25, -0.2) is 0 Å². The van der Waals surface area contributed by atoms with Crippen LogP contribution in [-0.4, -0.2) is 36.7 Å². The molecule has 1 unspecified atom stereocenters. The summed E-state index contributed by atoms with van der Waals surface area (Å²) in [4.78, 5) is 26.1. The molecular weight excluding hydrogens is 805 g/mol. The van der Waals surface area contributed by atoms with E-state index >= 15 is 0 Å². The maximum atomic E-state index is 13.2. The first kappa shape index (κ1) is 63.3. The predicted molar refractivity (Wildman–Crippen MR) is 286 cm³/mol. The number of carbonyl (C=O) groups excluding carboxylic acids is 2. The first-order chi connectivity index (χ1) is 31.7. The van der Waals surface area contributed by atoms with Gasteiger partial charge < -0.3 is 9.47 Å². The number of rotatable bonds is 56. The molecule has 1 atom stereocenters. The monoisotopic (exact) mass is 921 g/mol. The van der Waals surface area contributed by atoms with Crippen molar-refractivity contribution in [3.8, 4) is 0 Å². The molecule has 4 nitrogen and oxygen atoms in total. The van der Waals surface area contributed by atoms with E-state index in [-0.39, 0.29) is 18.4 Å². The topological polar surface area (TPSA) is 52.6 Å². The van der Waals surface area contributed by atoms with Crippen molar-refractivity contribution in [1.82, 2.24) is 0 Å². The normalized spacial score (nSPS) is 12.0. The molecule has 0 radical (unpaired) electrons. The molecule has 0 aromatic rings. The van der Waals surface area contributed by atoms with Crippen LogP contribution >= 0.6 is 11.8 Å². The Labute approximate surface area is 407 Å². The zero-order chi connectivity index (χ0) is 46.3. The standard InChI is InChI=1S/C59H116O4S/c1-4-7-10-13-16-19-22-25-28-31-34-37-40-43-46-49-52-62-58(60)55-57(56-64-54-51-48-45-42-39-36-33-30-27-24-21-18-15-12-9-6-3)59(61)63-53-50-47-44-41-38-35-32-29-26-23-20-17-14-11-8-5-2/h57H,4-56H2,1-3H3. The second-order valence-corrected chi connectivity index (χ2v) is 21.4. The van der Waals surface area contributed by atoms with Crippen LogP contribution in [0.15, 0.2) is 0 Å². The number of esters is 2. The summed E-state index contributed by atoms with van der Waals surface area (Å²) in [5.74, 6) is 0.888. The van der Waals surface area contributed by atoms with Gasteiger partial charge in [-0.3, -0.25) is 9.59 Å². The molecule has 0 aliphatic heterocycles. The summed E-state index contributed by atoms with van der Waals surface area (Å²) in [6.45, 7) is 7.83. The Bertz CT molecular complexity index is 894. The molecule has 5 heteroatoms. The highest BCUT2D eigenvalue weighted by atomic mass is 32.2. The van der Waals surface area contributed by atoms with Crippen molar-refractivity contribution in [3.63, 3.8) is 0 Å². The molecule has 0 rings (SSSR count). The van der Waals surface area contributed by atoms with Crippen molar-refractivity contribution in [1.29, 1.82) is 0 Å². The Morgan fingerprint density at radius 1 is 0.312 bits per heavy atom. The van der Waals surface area contributed by atoms with E-state index in [2.05, 4.69) is 20.8 Å². The lowest BCUT2D eigenvalue weighted by Crippen LogP contribution is -2.25. The van der Waals surface area contributed by atoms with Gasteiger partial charge in [-0.2, -0.15) is 11.8 Å². The van der Waals surface area contributed by atoms with E-state index in [1.54, 1.807) is 0 Å². The smallest absolute Gasteiger partial charge is 0.310 e. The average molecular weight is 922 g/mol. The maximum absolute atomic E-state index is 13.2. The molecule has 0 aromatic heterocycles. The van der Waals surface area contributed by atoms with E-state index in [0.717, 1.165) is 31.4 Å². The minimum absolute atomic E-state index is 0.155. The molecule has 0 N–H and O–H groups in total. The molecule has 0 aromatic carbocycles. The van der Waals surface area contributed by atoms with Gasteiger partial charge in [0.05, 0.1) is 25.6 Å². The fourth-order valence-corrected chi connectivity index (χ4v) is 10.3. The lowest BCUT2D eigenvalue weighted by atomic mass is 10.0. The molecule has 0 aliphatic rings. The largest absolute Gasteiger partial charge is 0.466 e. The van der Waals surface area contributed by atoms with Crippen LogP contribution in [0.4, 0.5) is 0 Å². The predicted octanol–water partition coefficient (Wildman–Crippen LogP) is 20.6. The quantitative estimate of drug-likeness (QED) is 0.0449. The van der Waals surface area contributed by atoms with Crippen LogP contribution in [0.2, 0.25) is 0 Å². The second-order valence-electron chi connectivity index (χ2n) is 20.3. The minimum atomic E-state index is -0.398. The van der Waals surface area contributed by atoms with Crippen LogP contribution in [0.5, 0.6) is 0 Å². The van der Waals surface area contributed by atoms with E-state index in [9.17, 15) is 9.59 Å². The van der Waals surface area contributed by atoms with Crippen LogP contribution in [0.1, 0.15) is 335 Å². The summed E-state index contributed by atoms with van der Waals surface area (Å²) in [6.07, 6.45) is 64.9. The van der Waals surface area contributed by atoms with Gasteiger partial charge >= 0.3 is 11.9 Å². The van der Waals surface area contributed by atoms with Gasteiger partial charge in [0.1, 0.15) is 0 Å². The Hall–Kier alpha value is -0.710. The Morgan fingerprint density at radius 3 is 0.828 bits per heavy atom. The van der Waals surface area contributed by atoms with Gasteiger partial charge in [0, 0.05) is 5.75 Å². The summed E-state index contributed by atoms with van der Waals surface area (Å²) in [6, 6.07) is 0. The number of hydrogen-bond donors (Lipinski definition) is 0. The molecule has 0 aliphatic carbocycles. The van der Waals surface area contributed by atoms with Crippen molar-refractivity contribution in [2.45, 2.75) is 335 Å². The molecular formula is C59H116O4S. The average Bonchev–Trinajstić information content (AvgIpc) is 3.30. The van der Waals surface area contributed by atoms with Gasteiger partial charge in [0.2, 0.25) is 0 Å². The first-order valence-corrected chi connectivity index (χ1v) is 30.7. The van der Waals surface area contributed by atoms with Crippen molar-refractivity contribution in [2.75, 3.05) is 24.7 Å². The molecule has 0 heterocycles. The third kappa shape index (κ3) is 52.3. The van der Waals surface area contributed by atoms with E-state index in [1.807, 2.05) is 11.8 Å². The zero-order valence-electron chi connectivity index (χ0n) is 44.1. The van der Waals surface area contributed by atoms with Crippen LogP contribution in [0.25, 0.3) is 0 Å². The van der Waals surface area contributed by atoms with Crippen molar-refractivity contribution >= 4 is 23.7 Å². The Morgan fingerprint density at radius 2 is 0.547 bits per heavy atom. The molecule has 64 heavy (non-hydrogen) atoms. The molecule has 382 valence electrons. The summed E-state index contributed by atoms with van der Waals surface area (Å²) in [7, 11) is 0. The number of ether oxygens (including phenoxy) is 2. The zero-order valence-corrected chi connectivity index (χ0v) is 44.9. The van der Waals surface area contributed by atoms with Crippen LogP contribution in [0.3, 0.4) is 0 Å². The van der Waals surface area contributed by atoms with Crippen molar-refractivity contribution in [3.05, 3.63) is 0 Å². The fraction of sp³-hybridized carbons (Fsp3) is 0.966. The highest BCUT2D eigenvalue weighted by Crippen LogP contribution is 2.20. The maximum Gasteiger partial charge on any atom is 0.310 e. The highest BCUT2D eigenvalue weighted by molar-refractivity contribution is 7.99. The number of thioether (sulfide) groups is 1. The third-order valence-electron chi connectivity index (χ3n) is 13.7. The SMILES string of the molecule is CCCCCCCCCCCCCCCCCCOC(=O)CC(CSCCCCCCCCCCCCCCCCCC)C(=O)OCCCCCCCCCCCCCCCCCC. The molecule has 0 saturated heterocycles. The van der Waals surface area contributed by atoms with Gasteiger partial charge in [0.15, 0.2) is 0 Å². The van der Waals surface area contributed by atoms with Gasteiger partial charge in [-0.15, -0.1) is 0 Å². The van der Waals surface area contributed by atoms with Crippen LogP contribution in [0, 0.1) is 5.92 Å². The van der Waals surface area contributed by atoms with Crippen molar-refractivity contribution < 1.29 is 19.1 Å². The second kappa shape index (κ2) is 56.6. The van der Waals surface area contributed by atoms with Gasteiger partial charge in [-0.05, 0) is 25.0 Å². The van der Waals surface area contributed by atoms with Crippen LogP contribution < -0.4 is 0 Å². The van der Waals surface area contributed by atoms with E-state index in [0.29, 0.717) is 19.0 Å². The lowest BCUT2D eigenvalue weighted by Gasteiger charge is -2.16. The van der Waals surface area contributed by atoms with E-state index < -0.39 is 5.92 Å². The lowest BCUT2D eigenvalue weighted by molar-refractivity contribution is -0.154. The highest BCUT2D eigenvalue weighted by Gasteiger charge is 2.24. The van der Waals surface area contributed by atoms with Gasteiger partial charge in [0.25, 0.3) is 0 Å². The number of unbranched alkanes of at least 4 members (excludes halogenated alkanes) is 45. The molecule has 0 amide bonds. The fourth-order valence-electron chi connectivity index (χ4n) is 9.23. The van der Waals surface area contributed by atoms with Crippen molar-refractivity contribution in [2.24, 2.45) is 5.92 Å². The summed E-state index contributed by atoms with van der Waals surface area (Å²) in [5, 5.41) is 0. The van der Waals surface area contributed by atoms with E-state index in [4.69, 9.17) is 9.47 Å². The number of carbonyl (C=O) groups is 2. The molecule has 0 fully saturated rings. The van der Waals surface area contributed by atoms with Gasteiger partial charge in [-0.1, -0.05) is 310 Å². The first-order valence-electron chi connectivity index (χ1n) is 29.6. The summed E-state index contributed by atoms with van der Waals surface area (Å²) < 4.78 is 11.5. The minimum Gasteiger partial charge on any atom is -0.466 e. The third-order valence-corrected chi connectivity index (χ3v) is 14.9. The Balaban J connectivity index is 4.19. The van der Waals surface area contributed by atoms with E-state index in [1.165, 1.54) is 283 Å². The molecule has 0 spiro atoms. The van der Waals surface area contributed by atoms with Crippen LogP contribution in [-0.2, 0) is 19.1 Å². The summed E-state index contributed by atoms with van der Waals surface area (Å²) >= 11 is 1.83. The molecule has 0 saturated carbocycles.